The molecule has 0 aromatic carbocycles. The highest BCUT2D eigenvalue weighted by Crippen LogP contribution is 2.30. The standard InChI is InChI=1S/C21H37NO14/c1-7-13(26)14(27)18(36-20-12(22-8(2)24)10(25)4-9(5-23)34-20)21(33-7)32-6-11-17(31-3)15(28)16(29)19(30)35-11/h7,9-21,23,25-30H,4-6H2,1-3H3,(H,22,24)/t7-,9+,10+,11-,12+,13-,14+,15-,16-,17-,18+,19+,20+,21-/m1/s1. The third-order valence-electron chi connectivity index (χ3n) is 6.54. The van der Waals surface area contributed by atoms with Gasteiger partial charge in [-0.05, 0) is 6.92 Å². The van der Waals surface area contributed by atoms with Gasteiger partial charge in [0.15, 0.2) is 18.9 Å². The van der Waals surface area contributed by atoms with E-state index in [0.717, 1.165) is 0 Å². The van der Waals surface area contributed by atoms with Crippen LogP contribution in [0, 0.1) is 0 Å². The number of amides is 1. The Morgan fingerprint density at radius 1 is 0.944 bits per heavy atom. The average Bonchev–Trinajstić information content (AvgIpc) is 2.83. The van der Waals surface area contributed by atoms with Crippen LogP contribution in [0.3, 0.4) is 0 Å². The third kappa shape index (κ3) is 6.50. The van der Waals surface area contributed by atoms with E-state index in [1.165, 1.54) is 21.0 Å². The molecule has 0 aromatic rings. The van der Waals surface area contributed by atoms with E-state index in [1.807, 2.05) is 0 Å². The number of nitrogens with one attached hydrogen (secondary N) is 1. The van der Waals surface area contributed by atoms with Crippen molar-refractivity contribution in [2.45, 2.75) is 106 Å². The molecule has 0 saturated carbocycles. The second-order valence-electron chi connectivity index (χ2n) is 9.21. The van der Waals surface area contributed by atoms with Gasteiger partial charge in [0.05, 0.1) is 31.5 Å². The number of hydrogen-bond acceptors (Lipinski definition) is 14. The van der Waals surface area contributed by atoms with E-state index in [1.54, 1.807) is 0 Å². The van der Waals surface area contributed by atoms with Crippen molar-refractivity contribution in [3.8, 4) is 0 Å². The number of hydrogen-bond donors (Lipinski definition) is 8. The van der Waals surface area contributed by atoms with E-state index in [4.69, 9.17) is 28.4 Å². The fourth-order valence-electron chi connectivity index (χ4n) is 4.53. The number of aliphatic hydroxyl groups excluding tert-OH is 7. The predicted octanol–water partition coefficient (Wildman–Crippen LogP) is -4.72. The molecule has 0 bridgehead atoms. The molecule has 14 atom stereocenters. The Morgan fingerprint density at radius 3 is 2.22 bits per heavy atom. The number of ether oxygens (including phenoxy) is 6. The highest BCUT2D eigenvalue weighted by molar-refractivity contribution is 5.73. The molecule has 3 rings (SSSR count). The van der Waals surface area contributed by atoms with E-state index in [9.17, 15) is 40.5 Å². The number of carbonyl (C=O) groups is 1. The first-order valence-corrected chi connectivity index (χ1v) is 11.7. The molecule has 0 aromatic heterocycles. The van der Waals surface area contributed by atoms with Crippen molar-refractivity contribution >= 4 is 5.91 Å². The SMILES string of the molecule is CO[C@H]1[C@H](O)[C@@H](O)[C@@H](O)O[C@@H]1CO[C@@H]1O[C@H](C)[C@@H](O)[C@H](O)[C@@H]1O[C@@H]1O[C@H](CO)C[C@H](O)[C@@H]1NC(C)=O. The monoisotopic (exact) mass is 527 g/mol. The molecule has 0 spiro atoms. The van der Waals surface area contributed by atoms with Crippen molar-refractivity contribution in [2.24, 2.45) is 0 Å². The summed E-state index contributed by atoms with van der Waals surface area (Å²) in [5.74, 6) is -0.486. The summed E-state index contributed by atoms with van der Waals surface area (Å²) in [7, 11) is 1.27. The minimum absolute atomic E-state index is 0.0124. The summed E-state index contributed by atoms with van der Waals surface area (Å²) < 4.78 is 33.4. The van der Waals surface area contributed by atoms with Crippen LogP contribution in [-0.4, -0.2) is 148 Å². The zero-order chi connectivity index (χ0) is 26.7. The largest absolute Gasteiger partial charge is 0.394 e. The number of carbonyl (C=O) groups excluding carboxylic acids is 1. The predicted molar refractivity (Wildman–Crippen MR) is 115 cm³/mol. The van der Waals surface area contributed by atoms with Crippen LogP contribution in [-0.2, 0) is 33.2 Å². The van der Waals surface area contributed by atoms with Crippen LogP contribution < -0.4 is 5.32 Å². The van der Waals surface area contributed by atoms with E-state index in [2.05, 4.69) is 5.32 Å². The molecular weight excluding hydrogens is 490 g/mol. The van der Waals surface area contributed by atoms with Crippen LogP contribution in [0.2, 0.25) is 0 Å². The Labute approximate surface area is 207 Å². The van der Waals surface area contributed by atoms with Crippen LogP contribution in [0.1, 0.15) is 20.3 Å². The Balaban J connectivity index is 1.77. The molecule has 210 valence electrons. The van der Waals surface area contributed by atoms with Crippen molar-refractivity contribution in [3.63, 3.8) is 0 Å². The maximum atomic E-state index is 11.7. The lowest BCUT2D eigenvalue weighted by molar-refractivity contribution is -0.354. The highest BCUT2D eigenvalue weighted by atomic mass is 16.8. The van der Waals surface area contributed by atoms with Crippen LogP contribution in [0.5, 0.6) is 0 Å². The zero-order valence-corrected chi connectivity index (χ0v) is 20.2. The molecule has 8 N–H and O–H groups in total. The van der Waals surface area contributed by atoms with Gasteiger partial charge in [-0.1, -0.05) is 0 Å². The molecule has 36 heavy (non-hydrogen) atoms. The van der Waals surface area contributed by atoms with Crippen molar-refractivity contribution in [2.75, 3.05) is 20.3 Å². The van der Waals surface area contributed by atoms with Crippen LogP contribution in [0.4, 0.5) is 0 Å². The lowest BCUT2D eigenvalue weighted by Crippen LogP contribution is -2.64. The van der Waals surface area contributed by atoms with Gasteiger partial charge in [-0.3, -0.25) is 4.79 Å². The van der Waals surface area contributed by atoms with Crippen molar-refractivity contribution in [3.05, 3.63) is 0 Å². The fraction of sp³-hybridized carbons (Fsp3) is 0.952. The molecule has 3 fully saturated rings. The van der Waals surface area contributed by atoms with Crippen LogP contribution in [0.15, 0.2) is 0 Å². The van der Waals surface area contributed by atoms with Gasteiger partial charge in [0.1, 0.15) is 48.8 Å². The molecule has 15 nitrogen and oxygen atoms in total. The molecule has 15 heteroatoms. The maximum absolute atomic E-state index is 11.7. The quantitative estimate of drug-likeness (QED) is 0.148. The molecule has 0 unspecified atom stereocenters. The van der Waals surface area contributed by atoms with E-state index >= 15 is 0 Å². The van der Waals surface area contributed by atoms with Gasteiger partial charge in [-0.25, -0.2) is 0 Å². The molecular formula is C21H37NO14. The highest BCUT2D eigenvalue weighted by Gasteiger charge is 2.50. The van der Waals surface area contributed by atoms with Crippen molar-refractivity contribution < 1.29 is 69.0 Å². The van der Waals surface area contributed by atoms with Crippen molar-refractivity contribution in [1.82, 2.24) is 5.32 Å². The second-order valence-corrected chi connectivity index (χ2v) is 9.21. The summed E-state index contributed by atoms with van der Waals surface area (Å²) >= 11 is 0. The first-order valence-electron chi connectivity index (χ1n) is 11.7. The topological polar surface area (TPSA) is 226 Å². The van der Waals surface area contributed by atoms with Gasteiger partial charge in [0.25, 0.3) is 0 Å². The third-order valence-corrected chi connectivity index (χ3v) is 6.54. The second kappa shape index (κ2) is 12.7. The van der Waals surface area contributed by atoms with Gasteiger partial charge in [-0.2, -0.15) is 0 Å². The minimum atomic E-state index is -1.71. The zero-order valence-electron chi connectivity index (χ0n) is 20.2. The fourth-order valence-corrected chi connectivity index (χ4v) is 4.53. The molecule has 3 aliphatic heterocycles. The molecule has 0 radical (unpaired) electrons. The lowest BCUT2D eigenvalue weighted by Gasteiger charge is -2.46. The Hall–Kier alpha value is -1.05. The Morgan fingerprint density at radius 2 is 1.61 bits per heavy atom. The Bertz CT molecular complexity index is 716. The van der Waals surface area contributed by atoms with Gasteiger partial charge in [0, 0.05) is 20.5 Å². The first-order chi connectivity index (χ1) is 17.0. The van der Waals surface area contributed by atoms with E-state index in [-0.39, 0.29) is 13.0 Å². The average molecular weight is 528 g/mol. The van der Waals surface area contributed by atoms with Crippen LogP contribution in [0.25, 0.3) is 0 Å². The normalized spacial score (nSPS) is 47.9. The lowest BCUT2D eigenvalue weighted by atomic mass is 9.97. The molecule has 3 heterocycles. The summed E-state index contributed by atoms with van der Waals surface area (Å²) in [5.41, 5.74) is 0. The summed E-state index contributed by atoms with van der Waals surface area (Å²) in [6.45, 7) is 1.92. The van der Waals surface area contributed by atoms with Gasteiger partial charge >= 0.3 is 0 Å². The first kappa shape index (κ1) is 29.5. The maximum Gasteiger partial charge on any atom is 0.217 e. The molecule has 0 aliphatic carbocycles. The number of rotatable bonds is 8. The van der Waals surface area contributed by atoms with E-state index < -0.39 is 98.5 Å². The summed E-state index contributed by atoms with van der Waals surface area (Å²) in [4.78, 5) is 11.7. The summed E-state index contributed by atoms with van der Waals surface area (Å²) in [6, 6.07) is -1.07. The Kier molecular flexibility index (Phi) is 10.4. The van der Waals surface area contributed by atoms with Crippen molar-refractivity contribution in [1.29, 1.82) is 0 Å². The van der Waals surface area contributed by atoms with Gasteiger partial charge < -0.3 is 69.5 Å². The van der Waals surface area contributed by atoms with Gasteiger partial charge in [-0.15, -0.1) is 0 Å². The summed E-state index contributed by atoms with van der Waals surface area (Å²) in [6.07, 6.45) is -16.9. The van der Waals surface area contributed by atoms with Gasteiger partial charge in [0.2, 0.25) is 5.91 Å². The molecule has 3 saturated heterocycles. The minimum Gasteiger partial charge on any atom is -0.394 e. The summed E-state index contributed by atoms with van der Waals surface area (Å²) in [5, 5.41) is 73.5. The molecule has 3 aliphatic rings. The number of aliphatic hydroxyl groups is 7. The van der Waals surface area contributed by atoms with E-state index in [0.29, 0.717) is 0 Å². The number of methoxy groups -OCH3 is 1. The molecule has 1 amide bonds. The smallest absolute Gasteiger partial charge is 0.217 e. The van der Waals surface area contributed by atoms with Crippen LogP contribution >= 0.6 is 0 Å².